The van der Waals surface area contributed by atoms with E-state index in [0.717, 1.165) is 11.1 Å². The van der Waals surface area contributed by atoms with Crippen LogP contribution in [-0.4, -0.2) is 29.4 Å². The minimum Gasteiger partial charge on any atom is -0.352 e. The first-order chi connectivity index (χ1) is 19.8. The predicted octanol–water partition coefficient (Wildman–Crippen LogP) is 7.27. The molecule has 4 aromatic rings. The van der Waals surface area contributed by atoms with Gasteiger partial charge in [0.15, 0.2) is 17.3 Å². The van der Waals surface area contributed by atoms with Crippen LogP contribution in [0.2, 0.25) is 0 Å². The van der Waals surface area contributed by atoms with Gasteiger partial charge in [-0.2, -0.15) is 0 Å². The van der Waals surface area contributed by atoms with E-state index in [1.54, 1.807) is 48.5 Å². The lowest BCUT2D eigenvalue weighted by Crippen LogP contribution is -2.48. The molecule has 0 amide bonds. The van der Waals surface area contributed by atoms with E-state index in [1.165, 1.54) is 12.1 Å². The molecule has 0 N–H and O–H groups in total. The van der Waals surface area contributed by atoms with E-state index in [2.05, 4.69) is 13.8 Å². The van der Waals surface area contributed by atoms with Gasteiger partial charge in [0, 0.05) is 33.9 Å². The normalized spacial score (nSPS) is 21.8. The van der Waals surface area contributed by atoms with Gasteiger partial charge in [0.1, 0.15) is 17.3 Å². The number of ketones is 3. The number of Topliss-reactive ketones (excluding diaryl/α,β-unsaturated/α-hetero) is 3. The summed E-state index contributed by atoms with van der Waals surface area (Å²) < 4.78 is 14.4. The first kappa shape index (κ1) is 25.3. The van der Waals surface area contributed by atoms with E-state index >= 15 is 0 Å². The van der Waals surface area contributed by atoms with E-state index in [9.17, 15) is 18.8 Å². The highest BCUT2D eigenvalue weighted by Crippen LogP contribution is 2.61. The fourth-order valence-corrected chi connectivity index (χ4v) is 7.18. The molecule has 7 rings (SSSR count). The Morgan fingerprint density at radius 2 is 1.46 bits per heavy atom. The van der Waals surface area contributed by atoms with Gasteiger partial charge < -0.3 is 4.90 Å². The molecule has 1 spiro atoms. The molecular formula is C36H28FNO3. The van der Waals surface area contributed by atoms with E-state index in [0.29, 0.717) is 33.9 Å². The van der Waals surface area contributed by atoms with Crippen LogP contribution in [0.4, 0.5) is 10.1 Å². The van der Waals surface area contributed by atoms with Crippen molar-refractivity contribution in [3.8, 4) is 0 Å². The van der Waals surface area contributed by atoms with Crippen LogP contribution in [0.3, 0.4) is 0 Å². The Balaban J connectivity index is 1.54. The average Bonchev–Trinajstić information content (AvgIpc) is 3.43. The summed E-state index contributed by atoms with van der Waals surface area (Å²) in [5.74, 6) is -1.62. The molecule has 0 unspecified atom stereocenters. The highest BCUT2D eigenvalue weighted by atomic mass is 19.1. The van der Waals surface area contributed by atoms with Gasteiger partial charge in [-0.1, -0.05) is 105 Å². The molecule has 0 radical (unpaired) electrons. The van der Waals surface area contributed by atoms with Crippen molar-refractivity contribution < 1.29 is 18.8 Å². The number of benzene rings is 4. The lowest BCUT2D eigenvalue weighted by atomic mass is 9.64. The molecule has 4 nitrogen and oxygen atoms in total. The number of hydrogen-bond acceptors (Lipinski definition) is 4. The second-order valence-corrected chi connectivity index (χ2v) is 11.5. The molecule has 1 aliphatic carbocycles. The molecule has 5 heteroatoms. The molecule has 41 heavy (non-hydrogen) atoms. The fourth-order valence-electron chi connectivity index (χ4n) is 7.18. The maximum Gasteiger partial charge on any atom is 0.185 e. The maximum atomic E-state index is 14.7. The summed E-state index contributed by atoms with van der Waals surface area (Å²) >= 11 is 0. The Morgan fingerprint density at radius 1 is 0.829 bits per heavy atom. The second kappa shape index (κ2) is 9.20. The molecule has 0 aromatic heterocycles. The molecule has 1 fully saturated rings. The van der Waals surface area contributed by atoms with E-state index in [1.807, 2.05) is 53.4 Å². The molecule has 0 bridgehead atoms. The maximum absolute atomic E-state index is 14.7. The van der Waals surface area contributed by atoms with Crippen LogP contribution in [0.15, 0.2) is 103 Å². The van der Waals surface area contributed by atoms with Crippen molar-refractivity contribution in [1.29, 1.82) is 0 Å². The van der Waals surface area contributed by atoms with E-state index < -0.39 is 29.2 Å². The summed E-state index contributed by atoms with van der Waals surface area (Å²) in [6, 6.07) is 26.7. The largest absolute Gasteiger partial charge is 0.352 e. The second-order valence-electron chi connectivity index (χ2n) is 11.5. The Morgan fingerprint density at radius 3 is 2.10 bits per heavy atom. The average molecular weight is 542 g/mol. The summed E-state index contributed by atoms with van der Waals surface area (Å²) in [4.78, 5) is 45.8. The van der Waals surface area contributed by atoms with E-state index in [-0.39, 0.29) is 17.3 Å². The SMILES string of the molecule is CC(C)c1ccc([C@@H]2[C@H](C(=O)c3ccccc3)N3c4ccc(F)cc4C=C[C@H]3C23C(=O)c2ccccc2C3=O)cc1. The zero-order valence-corrected chi connectivity index (χ0v) is 22.8. The number of hydrogen-bond donors (Lipinski definition) is 0. The number of fused-ring (bicyclic) bond motifs is 5. The Kier molecular flexibility index (Phi) is 5.69. The Hall–Kier alpha value is -4.64. The van der Waals surface area contributed by atoms with Crippen molar-refractivity contribution in [1.82, 2.24) is 0 Å². The van der Waals surface area contributed by atoms with Crippen LogP contribution in [0.5, 0.6) is 0 Å². The molecule has 3 aliphatic rings. The number of carbonyl (C=O) groups is 3. The van der Waals surface area contributed by atoms with Gasteiger partial charge in [-0.3, -0.25) is 14.4 Å². The third kappa shape index (κ3) is 3.48. The summed E-state index contributed by atoms with van der Waals surface area (Å²) in [6.45, 7) is 4.21. The minimum atomic E-state index is -1.57. The zero-order chi connectivity index (χ0) is 28.5. The van der Waals surface area contributed by atoms with Crippen molar-refractivity contribution in [3.05, 3.63) is 142 Å². The third-order valence-corrected chi connectivity index (χ3v) is 9.05. The van der Waals surface area contributed by atoms with Gasteiger partial charge in [-0.25, -0.2) is 4.39 Å². The lowest BCUT2D eigenvalue weighted by molar-refractivity contribution is 0.0666. The highest BCUT2D eigenvalue weighted by molar-refractivity contribution is 6.32. The predicted molar refractivity (Wildman–Crippen MR) is 157 cm³/mol. The van der Waals surface area contributed by atoms with Crippen molar-refractivity contribution in [2.75, 3.05) is 4.90 Å². The van der Waals surface area contributed by atoms with Crippen molar-refractivity contribution in [3.63, 3.8) is 0 Å². The molecule has 2 aliphatic heterocycles. The standard InChI is InChI=1S/C36H28FNO3/c1-21(2)22-12-14-23(15-13-22)31-32(33(39)24-8-4-3-5-9-24)38-29-18-17-26(37)20-25(29)16-19-30(38)36(31)34(40)27-10-6-7-11-28(27)35(36)41/h3-21,30-32H,1-2H3/t30-,31+,32+/m0/s1. The quantitative estimate of drug-likeness (QED) is 0.202. The van der Waals surface area contributed by atoms with Crippen LogP contribution in [0.1, 0.15) is 73.4 Å². The number of anilines is 1. The van der Waals surface area contributed by atoms with Crippen molar-refractivity contribution in [2.24, 2.45) is 5.41 Å². The van der Waals surface area contributed by atoms with Crippen LogP contribution in [0, 0.1) is 11.2 Å². The Bertz CT molecular complexity index is 1720. The van der Waals surface area contributed by atoms with Crippen LogP contribution < -0.4 is 4.90 Å². The number of carbonyl (C=O) groups excluding carboxylic acids is 3. The topological polar surface area (TPSA) is 54.5 Å². The number of halogens is 1. The number of rotatable bonds is 4. The van der Waals surface area contributed by atoms with Gasteiger partial charge in [0.2, 0.25) is 0 Å². The van der Waals surface area contributed by atoms with E-state index in [4.69, 9.17) is 0 Å². The Labute approximate surface area is 238 Å². The molecule has 202 valence electrons. The number of nitrogens with zero attached hydrogens (tertiary/aromatic N) is 1. The first-order valence-corrected chi connectivity index (χ1v) is 14.0. The van der Waals surface area contributed by atoms with Crippen LogP contribution >= 0.6 is 0 Å². The summed E-state index contributed by atoms with van der Waals surface area (Å²) in [5.41, 5.74) is 2.80. The van der Waals surface area contributed by atoms with Gasteiger partial charge in [0.25, 0.3) is 0 Å². The molecule has 4 aromatic carbocycles. The van der Waals surface area contributed by atoms with Gasteiger partial charge in [-0.05, 0) is 35.2 Å². The van der Waals surface area contributed by atoms with Crippen LogP contribution in [-0.2, 0) is 0 Å². The summed E-state index contributed by atoms with van der Waals surface area (Å²) in [7, 11) is 0. The summed E-state index contributed by atoms with van der Waals surface area (Å²) in [6.07, 6.45) is 3.59. The lowest BCUT2D eigenvalue weighted by Gasteiger charge is -2.37. The zero-order valence-electron chi connectivity index (χ0n) is 22.8. The highest BCUT2D eigenvalue weighted by Gasteiger charge is 2.71. The molecule has 2 heterocycles. The van der Waals surface area contributed by atoms with Crippen molar-refractivity contribution in [2.45, 2.75) is 37.8 Å². The monoisotopic (exact) mass is 541 g/mol. The van der Waals surface area contributed by atoms with Crippen LogP contribution in [0.25, 0.3) is 6.08 Å². The third-order valence-electron chi connectivity index (χ3n) is 9.05. The molecular weight excluding hydrogens is 513 g/mol. The van der Waals surface area contributed by atoms with Crippen molar-refractivity contribution >= 4 is 29.1 Å². The minimum absolute atomic E-state index is 0.187. The first-order valence-electron chi connectivity index (χ1n) is 14.0. The van der Waals surface area contributed by atoms with Gasteiger partial charge in [-0.15, -0.1) is 0 Å². The smallest absolute Gasteiger partial charge is 0.185 e. The van der Waals surface area contributed by atoms with Gasteiger partial charge >= 0.3 is 0 Å². The van der Waals surface area contributed by atoms with Gasteiger partial charge in [0.05, 0.1) is 6.04 Å². The summed E-state index contributed by atoms with van der Waals surface area (Å²) in [5, 5.41) is 0. The molecule has 3 atom stereocenters. The molecule has 1 saturated heterocycles. The fraction of sp³-hybridized carbons (Fsp3) is 0.194. The molecule has 0 saturated carbocycles.